The molecular weight excluding hydrogens is 559 g/mol. The van der Waals surface area contributed by atoms with Crippen molar-refractivity contribution in [2.24, 2.45) is 0 Å². The maximum Gasteiger partial charge on any atom is 0.251 e. The second kappa shape index (κ2) is 11.9. The number of imidazole rings is 1. The molecule has 0 saturated carbocycles. The van der Waals surface area contributed by atoms with Crippen molar-refractivity contribution >= 4 is 38.3 Å². The molecule has 5 rings (SSSR count). The molecule has 2 amide bonds. The highest BCUT2D eigenvalue weighted by atomic mass is 32.2. The van der Waals surface area contributed by atoms with Gasteiger partial charge in [-0.15, -0.1) is 0 Å². The van der Waals surface area contributed by atoms with Gasteiger partial charge >= 0.3 is 0 Å². The Bertz CT molecular complexity index is 1890. The fourth-order valence-corrected chi connectivity index (χ4v) is 4.71. The third-order valence-corrected chi connectivity index (χ3v) is 7.12. The van der Waals surface area contributed by atoms with Gasteiger partial charge in [0, 0.05) is 28.4 Å². The molecule has 2 aromatic heterocycles. The fraction of sp³-hybridized carbons (Fsp3) is 0.133. The van der Waals surface area contributed by atoms with Crippen molar-refractivity contribution in [3.05, 3.63) is 102 Å². The van der Waals surface area contributed by atoms with E-state index >= 15 is 0 Å². The first-order valence-corrected chi connectivity index (χ1v) is 14.8. The second-order valence-electron chi connectivity index (χ2n) is 9.75. The third-order valence-electron chi connectivity index (χ3n) is 6.45. The molecule has 0 bridgehead atoms. The Kier molecular flexibility index (Phi) is 8.09. The number of nitrogens with zero attached hydrogens (tertiary/aromatic N) is 2. The minimum Gasteiger partial charge on any atom is -0.346 e. The van der Waals surface area contributed by atoms with Crippen molar-refractivity contribution in [3.63, 3.8) is 0 Å². The van der Waals surface area contributed by atoms with E-state index in [-0.39, 0.29) is 17.1 Å². The third kappa shape index (κ3) is 7.03. The van der Waals surface area contributed by atoms with Crippen LogP contribution < -0.4 is 15.4 Å². The normalized spacial score (nSPS) is 12.2. The summed E-state index contributed by atoms with van der Waals surface area (Å²) >= 11 is 0. The molecule has 0 aliphatic heterocycles. The van der Waals surface area contributed by atoms with Gasteiger partial charge in [-0.3, -0.25) is 14.6 Å². The maximum absolute atomic E-state index is 13.4. The van der Waals surface area contributed by atoms with Crippen molar-refractivity contribution in [1.82, 2.24) is 25.0 Å². The van der Waals surface area contributed by atoms with Crippen LogP contribution in [-0.4, -0.2) is 48.0 Å². The highest BCUT2D eigenvalue weighted by Gasteiger charge is 2.17. The second-order valence-corrected chi connectivity index (χ2v) is 11.6. The predicted molar refractivity (Wildman–Crippen MR) is 159 cm³/mol. The number of carbonyl (C=O) groups is 2. The lowest BCUT2D eigenvalue weighted by molar-refractivity contribution is -0.115. The van der Waals surface area contributed by atoms with Gasteiger partial charge in [0.1, 0.15) is 11.5 Å². The topological polar surface area (TPSA) is 146 Å². The molecule has 0 fully saturated rings. The smallest absolute Gasteiger partial charge is 0.251 e. The first kappa shape index (κ1) is 28.6. The molecule has 4 N–H and O–H groups in total. The summed E-state index contributed by atoms with van der Waals surface area (Å²) in [5.41, 5.74) is 2.94. The van der Waals surface area contributed by atoms with Crippen molar-refractivity contribution in [3.8, 4) is 22.8 Å². The lowest BCUT2D eigenvalue weighted by Crippen LogP contribution is -2.32. The number of halogens is 1. The number of anilines is 1. The van der Waals surface area contributed by atoms with Crippen LogP contribution in [0.5, 0.6) is 0 Å². The number of H-pyrrole nitrogens is 1. The lowest BCUT2D eigenvalue weighted by Gasteiger charge is -2.16. The zero-order valence-corrected chi connectivity index (χ0v) is 23.5. The predicted octanol–water partition coefficient (Wildman–Crippen LogP) is 4.41. The van der Waals surface area contributed by atoms with E-state index in [1.165, 1.54) is 18.2 Å². The molecule has 5 aromatic rings. The molecule has 12 heteroatoms. The zero-order valence-electron chi connectivity index (χ0n) is 22.7. The Morgan fingerprint density at radius 1 is 0.952 bits per heavy atom. The summed E-state index contributed by atoms with van der Waals surface area (Å²) in [6.07, 6.45) is 4.31. The van der Waals surface area contributed by atoms with Crippen LogP contribution in [0.2, 0.25) is 0 Å². The number of carbonyl (C=O) groups excluding carboxylic acids is 2. The number of pyridine rings is 1. The summed E-state index contributed by atoms with van der Waals surface area (Å²) in [6.45, 7) is 1.29. The molecule has 0 aliphatic rings. The van der Waals surface area contributed by atoms with E-state index in [1.807, 2.05) is 30.3 Å². The molecule has 0 spiro atoms. The van der Waals surface area contributed by atoms with Crippen LogP contribution in [0.4, 0.5) is 10.1 Å². The summed E-state index contributed by atoms with van der Waals surface area (Å²) in [6, 6.07) is 19.9. The van der Waals surface area contributed by atoms with Crippen LogP contribution in [0.3, 0.4) is 0 Å². The van der Waals surface area contributed by atoms with Gasteiger partial charge in [0.2, 0.25) is 15.9 Å². The first-order valence-electron chi connectivity index (χ1n) is 12.9. The van der Waals surface area contributed by atoms with E-state index < -0.39 is 34.4 Å². The fourth-order valence-electron chi connectivity index (χ4n) is 4.31. The van der Waals surface area contributed by atoms with Crippen LogP contribution in [0.15, 0.2) is 85.2 Å². The van der Waals surface area contributed by atoms with Gasteiger partial charge in [0.15, 0.2) is 5.82 Å². The molecule has 214 valence electrons. The summed E-state index contributed by atoms with van der Waals surface area (Å²) in [5, 5.41) is 7.51. The highest BCUT2D eigenvalue weighted by Crippen LogP contribution is 2.27. The van der Waals surface area contributed by atoms with Crippen molar-refractivity contribution in [1.29, 1.82) is 0 Å². The summed E-state index contributed by atoms with van der Waals surface area (Å²) < 4.78 is 38.3. The Balaban J connectivity index is 1.45. The SMILES string of the molecule is C[C@@H](NC(=O)c1cc(NC(=O)CNS(C)(=O)=O)cc(-c2cnc(-c3cc4ccccc4cn3)[nH]2)c1)c1ccc(F)cc1. The Morgan fingerprint density at radius 3 is 2.43 bits per heavy atom. The van der Waals surface area contributed by atoms with Crippen LogP contribution in [0.1, 0.15) is 28.9 Å². The Morgan fingerprint density at radius 2 is 1.69 bits per heavy atom. The van der Waals surface area contributed by atoms with Crippen molar-refractivity contribution in [2.45, 2.75) is 13.0 Å². The number of aromatic nitrogens is 3. The van der Waals surface area contributed by atoms with Gasteiger partial charge in [-0.1, -0.05) is 36.4 Å². The standard InChI is InChI=1S/C30H27FN6O4S/c1-18(19-7-9-24(31)10-8-19)35-30(39)23-11-22(12-25(13-23)36-28(38)17-34-42(2,40)41)27-16-33-29(37-27)26-14-20-5-3-4-6-21(20)15-32-26/h3-16,18,34H,17H2,1-2H3,(H,33,37)(H,35,39)(H,36,38)/t18-/m1/s1. The molecule has 42 heavy (non-hydrogen) atoms. The molecule has 2 heterocycles. The number of nitrogens with one attached hydrogen (secondary N) is 4. The Hall–Kier alpha value is -4.94. The van der Waals surface area contributed by atoms with Crippen molar-refractivity contribution in [2.75, 3.05) is 18.1 Å². The molecule has 0 unspecified atom stereocenters. The summed E-state index contributed by atoms with van der Waals surface area (Å²) in [4.78, 5) is 38.0. The van der Waals surface area contributed by atoms with Crippen LogP contribution in [-0.2, 0) is 14.8 Å². The van der Waals surface area contributed by atoms with Crippen LogP contribution in [0.25, 0.3) is 33.5 Å². The van der Waals surface area contributed by atoms with Gasteiger partial charge in [-0.2, -0.15) is 0 Å². The van der Waals surface area contributed by atoms with Gasteiger partial charge in [0.05, 0.1) is 30.7 Å². The number of aromatic amines is 1. The Labute approximate surface area is 241 Å². The molecular formula is C30H27FN6O4S. The largest absolute Gasteiger partial charge is 0.346 e. The number of amides is 2. The van der Waals surface area contributed by atoms with Crippen LogP contribution in [0, 0.1) is 5.82 Å². The summed E-state index contributed by atoms with van der Waals surface area (Å²) in [7, 11) is -3.58. The van der Waals surface area contributed by atoms with Gasteiger partial charge in [-0.05, 0) is 54.3 Å². The van der Waals surface area contributed by atoms with Crippen LogP contribution >= 0.6 is 0 Å². The quantitative estimate of drug-likeness (QED) is 0.201. The highest BCUT2D eigenvalue weighted by molar-refractivity contribution is 7.88. The average Bonchev–Trinajstić information content (AvgIpc) is 3.46. The molecule has 0 radical (unpaired) electrons. The molecule has 3 aromatic carbocycles. The van der Waals surface area contributed by atoms with E-state index in [2.05, 4.69) is 30.3 Å². The lowest BCUT2D eigenvalue weighted by atomic mass is 10.0. The summed E-state index contributed by atoms with van der Waals surface area (Å²) in [5.74, 6) is -0.921. The number of fused-ring (bicyclic) bond motifs is 1. The van der Waals surface area contributed by atoms with Gasteiger partial charge < -0.3 is 15.6 Å². The van der Waals surface area contributed by atoms with E-state index in [4.69, 9.17) is 0 Å². The zero-order chi connectivity index (χ0) is 29.9. The number of rotatable bonds is 9. The van der Waals surface area contributed by atoms with Crippen molar-refractivity contribution < 1.29 is 22.4 Å². The minimum absolute atomic E-state index is 0.229. The molecule has 0 aliphatic carbocycles. The van der Waals surface area contributed by atoms with E-state index in [0.717, 1.165) is 17.0 Å². The monoisotopic (exact) mass is 586 g/mol. The molecule has 1 atom stereocenters. The average molecular weight is 587 g/mol. The molecule has 10 nitrogen and oxygen atoms in total. The van der Waals surface area contributed by atoms with E-state index in [0.29, 0.717) is 28.3 Å². The van der Waals surface area contributed by atoms with Gasteiger partial charge in [-0.25, -0.2) is 22.5 Å². The number of benzene rings is 3. The number of hydrogen-bond acceptors (Lipinski definition) is 6. The molecule has 0 saturated heterocycles. The van der Waals surface area contributed by atoms with E-state index in [9.17, 15) is 22.4 Å². The minimum atomic E-state index is -3.58. The van der Waals surface area contributed by atoms with Gasteiger partial charge in [0.25, 0.3) is 5.91 Å². The number of sulfonamides is 1. The maximum atomic E-state index is 13.4. The number of hydrogen-bond donors (Lipinski definition) is 4. The first-order chi connectivity index (χ1) is 20.0. The van der Waals surface area contributed by atoms with E-state index in [1.54, 1.807) is 43.6 Å².